The first-order valence-corrected chi connectivity index (χ1v) is 4.38. The van der Waals surface area contributed by atoms with E-state index < -0.39 is 0 Å². The third-order valence-corrected chi connectivity index (χ3v) is 1.44. The second-order valence-corrected chi connectivity index (χ2v) is 2.47. The van der Waals surface area contributed by atoms with Gasteiger partial charge in [0.1, 0.15) is 0 Å². The summed E-state index contributed by atoms with van der Waals surface area (Å²) < 4.78 is 5.27. The first-order valence-electron chi connectivity index (χ1n) is 4.38. The van der Waals surface area contributed by atoms with Crippen LogP contribution in [0.3, 0.4) is 0 Å². The molecule has 68 valence electrons. The van der Waals surface area contributed by atoms with Gasteiger partial charge in [0.25, 0.3) is 0 Å². The first-order chi connectivity index (χ1) is 5.85. The fourth-order valence-corrected chi connectivity index (χ4v) is 0.762. The van der Waals surface area contributed by atoms with E-state index >= 15 is 0 Å². The second-order valence-electron chi connectivity index (χ2n) is 2.47. The van der Waals surface area contributed by atoms with Crippen LogP contribution >= 0.6 is 0 Å². The minimum absolute atomic E-state index is 0.693. The number of allylic oxidation sites excluding steroid dienone is 4. The van der Waals surface area contributed by atoms with Crippen LogP contribution in [-0.4, -0.2) is 13.2 Å². The average molecular weight is 166 g/mol. The zero-order valence-electron chi connectivity index (χ0n) is 8.05. The SMILES string of the molecule is C=CC(/C=C\COCCC)=C/C. The molecule has 0 fully saturated rings. The summed E-state index contributed by atoms with van der Waals surface area (Å²) in [6.45, 7) is 9.31. The van der Waals surface area contributed by atoms with Crippen molar-refractivity contribution < 1.29 is 4.74 Å². The normalized spacial score (nSPS) is 12.3. The van der Waals surface area contributed by atoms with E-state index in [1.165, 1.54) is 0 Å². The van der Waals surface area contributed by atoms with Crippen molar-refractivity contribution in [1.82, 2.24) is 0 Å². The van der Waals surface area contributed by atoms with Gasteiger partial charge in [0.2, 0.25) is 0 Å². The monoisotopic (exact) mass is 166 g/mol. The highest BCUT2D eigenvalue weighted by Gasteiger charge is 1.81. The molecule has 0 amide bonds. The molecule has 12 heavy (non-hydrogen) atoms. The lowest BCUT2D eigenvalue weighted by molar-refractivity contribution is 0.163. The lowest BCUT2D eigenvalue weighted by Gasteiger charge is -1.95. The fourth-order valence-electron chi connectivity index (χ4n) is 0.762. The van der Waals surface area contributed by atoms with Gasteiger partial charge >= 0.3 is 0 Å². The third kappa shape index (κ3) is 5.93. The molecule has 0 heterocycles. The Labute approximate surface area is 75.4 Å². The highest BCUT2D eigenvalue weighted by atomic mass is 16.5. The predicted molar refractivity (Wildman–Crippen MR) is 54.2 cm³/mol. The Morgan fingerprint density at radius 3 is 2.75 bits per heavy atom. The Morgan fingerprint density at radius 1 is 1.50 bits per heavy atom. The van der Waals surface area contributed by atoms with Crippen molar-refractivity contribution in [3.63, 3.8) is 0 Å². The molecular weight excluding hydrogens is 148 g/mol. The van der Waals surface area contributed by atoms with Crippen molar-refractivity contribution in [2.75, 3.05) is 13.2 Å². The van der Waals surface area contributed by atoms with Crippen LogP contribution in [0.4, 0.5) is 0 Å². The lowest BCUT2D eigenvalue weighted by Crippen LogP contribution is -1.91. The van der Waals surface area contributed by atoms with Gasteiger partial charge in [-0.2, -0.15) is 0 Å². The molecule has 0 rings (SSSR count). The molecule has 0 spiro atoms. The number of rotatable bonds is 6. The van der Waals surface area contributed by atoms with Crippen molar-refractivity contribution in [3.8, 4) is 0 Å². The highest BCUT2D eigenvalue weighted by molar-refractivity contribution is 5.28. The molecule has 0 aromatic heterocycles. The quantitative estimate of drug-likeness (QED) is 0.435. The number of hydrogen-bond acceptors (Lipinski definition) is 1. The van der Waals surface area contributed by atoms with Crippen molar-refractivity contribution in [1.29, 1.82) is 0 Å². The van der Waals surface area contributed by atoms with Crippen molar-refractivity contribution >= 4 is 0 Å². The maximum Gasteiger partial charge on any atom is 0.0650 e. The maximum atomic E-state index is 5.27. The zero-order valence-corrected chi connectivity index (χ0v) is 8.05. The van der Waals surface area contributed by atoms with E-state index in [-0.39, 0.29) is 0 Å². The minimum Gasteiger partial charge on any atom is -0.377 e. The second kappa shape index (κ2) is 8.28. The van der Waals surface area contributed by atoms with Crippen LogP contribution in [0.2, 0.25) is 0 Å². The van der Waals surface area contributed by atoms with Gasteiger partial charge < -0.3 is 4.74 Å². The van der Waals surface area contributed by atoms with Gasteiger partial charge in [-0.25, -0.2) is 0 Å². The summed E-state index contributed by atoms with van der Waals surface area (Å²) in [4.78, 5) is 0. The van der Waals surface area contributed by atoms with E-state index in [0.29, 0.717) is 6.61 Å². The molecule has 0 aliphatic heterocycles. The summed E-state index contributed by atoms with van der Waals surface area (Å²) in [5.41, 5.74) is 1.13. The molecule has 0 atom stereocenters. The van der Waals surface area contributed by atoms with Crippen LogP contribution in [0, 0.1) is 0 Å². The van der Waals surface area contributed by atoms with Gasteiger partial charge in [-0.1, -0.05) is 37.8 Å². The summed E-state index contributed by atoms with van der Waals surface area (Å²) in [6.07, 6.45) is 8.95. The van der Waals surface area contributed by atoms with Crippen LogP contribution in [0.25, 0.3) is 0 Å². The standard InChI is InChI=1S/C11H18O/c1-4-9-12-10-7-8-11(5-2)6-3/h5-8H,2,4,9-10H2,1,3H3/b8-7-,11-6-. The average Bonchev–Trinajstić information content (AvgIpc) is 2.11. The Kier molecular flexibility index (Phi) is 7.71. The van der Waals surface area contributed by atoms with Crippen LogP contribution < -0.4 is 0 Å². The molecule has 0 saturated heterocycles. The van der Waals surface area contributed by atoms with Gasteiger partial charge in [0.15, 0.2) is 0 Å². The summed E-state index contributed by atoms with van der Waals surface area (Å²) in [6, 6.07) is 0. The topological polar surface area (TPSA) is 9.23 Å². The minimum atomic E-state index is 0.693. The molecule has 0 bridgehead atoms. The molecule has 0 aromatic carbocycles. The van der Waals surface area contributed by atoms with E-state index in [1.54, 1.807) is 0 Å². The summed E-state index contributed by atoms with van der Waals surface area (Å²) in [5.74, 6) is 0. The van der Waals surface area contributed by atoms with Gasteiger partial charge in [0.05, 0.1) is 6.61 Å². The van der Waals surface area contributed by atoms with E-state index in [4.69, 9.17) is 4.74 Å². The molecule has 1 heteroatoms. The molecule has 0 saturated carbocycles. The Morgan fingerprint density at radius 2 is 2.25 bits per heavy atom. The maximum absolute atomic E-state index is 5.27. The molecule has 0 aliphatic carbocycles. The van der Waals surface area contributed by atoms with Gasteiger partial charge in [-0.05, 0) is 18.9 Å². The van der Waals surface area contributed by atoms with Crippen LogP contribution in [-0.2, 0) is 4.74 Å². The summed E-state index contributed by atoms with van der Waals surface area (Å²) in [5, 5.41) is 0. The van der Waals surface area contributed by atoms with Crippen LogP contribution in [0.15, 0.2) is 36.5 Å². The number of ether oxygens (including phenoxy) is 1. The molecular formula is C11H18O. The van der Waals surface area contributed by atoms with Gasteiger partial charge in [-0.3, -0.25) is 0 Å². The van der Waals surface area contributed by atoms with Crippen molar-refractivity contribution in [2.45, 2.75) is 20.3 Å². The molecule has 0 aromatic rings. The van der Waals surface area contributed by atoms with Crippen molar-refractivity contribution in [2.24, 2.45) is 0 Å². The smallest absolute Gasteiger partial charge is 0.0650 e. The van der Waals surface area contributed by atoms with Gasteiger partial charge in [0, 0.05) is 6.61 Å². The molecule has 0 unspecified atom stereocenters. The summed E-state index contributed by atoms with van der Waals surface area (Å²) >= 11 is 0. The van der Waals surface area contributed by atoms with E-state index in [2.05, 4.69) is 13.5 Å². The molecule has 0 radical (unpaired) electrons. The molecule has 1 nitrogen and oxygen atoms in total. The van der Waals surface area contributed by atoms with E-state index in [9.17, 15) is 0 Å². The van der Waals surface area contributed by atoms with Crippen LogP contribution in [0.1, 0.15) is 20.3 Å². The Bertz CT molecular complexity index is 166. The van der Waals surface area contributed by atoms with E-state index in [1.807, 2.05) is 31.2 Å². The molecule has 0 N–H and O–H groups in total. The summed E-state index contributed by atoms with van der Waals surface area (Å²) in [7, 11) is 0. The third-order valence-electron chi connectivity index (χ3n) is 1.44. The van der Waals surface area contributed by atoms with Crippen LogP contribution in [0.5, 0.6) is 0 Å². The fraction of sp³-hybridized carbons (Fsp3) is 0.455. The molecule has 0 aliphatic rings. The van der Waals surface area contributed by atoms with E-state index in [0.717, 1.165) is 18.6 Å². The lowest BCUT2D eigenvalue weighted by atomic mass is 10.2. The first kappa shape index (κ1) is 11.2. The van der Waals surface area contributed by atoms with Crippen molar-refractivity contribution in [3.05, 3.63) is 36.5 Å². The van der Waals surface area contributed by atoms with Gasteiger partial charge in [-0.15, -0.1) is 0 Å². The largest absolute Gasteiger partial charge is 0.377 e. The number of hydrogen-bond donors (Lipinski definition) is 0. The Hall–Kier alpha value is -0.820. The predicted octanol–water partition coefficient (Wildman–Crippen LogP) is 3.10. The zero-order chi connectivity index (χ0) is 9.23. The highest BCUT2D eigenvalue weighted by Crippen LogP contribution is 1.96. The Balaban J connectivity index is 3.53.